The van der Waals surface area contributed by atoms with Gasteiger partial charge in [0, 0.05) is 50.5 Å². The molecular formula is C29H34N4O2. The number of benzene rings is 2. The van der Waals surface area contributed by atoms with Gasteiger partial charge in [0.25, 0.3) is 0 Å². The molecule has 2 saturated heterocycles. The number of fused-ring (bicyclic) bond motifs is 2. The third-order valence-electron chi connectivity index (χ3n) is 7.81. The van der Waals surface area contributed by atoms with E-state index in [2.05, 4.69) is 46.2 Å². The van der Waals surface area contributed by atoms with E-state index in [1.54, 1.807) is 0 Å². The molecule has 0 N–H and O–H groups in total. The first kappa shape index (κ1) is 22.7. The van der Waals surface area contributed by atoms with Crippen molar-refractivity contribution in [2.24, 2.45) is 0 Å². The minimum Gasteiger partial charge on any atom is -0.379 e. The molecule has 0 unspecified atom stereocenters. The lowest BCUT2D eigenvalue weighted by Crippen LogP contribution is -2.35. The minimum atomic E-state index is 0.169. The summed E-state index contributed by atoms with van der Waals surface area (Å²) in [6, 6.07) is 13.4. The largest absolute Gasteiger partial charge is 0.379 e. The van der Waals surface area contributed by atoms with Crippen LogP contribution < -0.4 is 4.90 Å². The molecule has 1 aromatic heterocycles. The van der Waals surface area contributed by atoms with E-state index in [-0.39, 0.29) is 5.91 Å². The van der Waals surface area contributed by atoms with Gasteiger partial charge in [-0.1, -0.05) is 18.6 Å². The summed E-state index contributed by atoms with van der Waals surface area (Å²) in [5.41, 5.74) is 8.15. The number of pyridine rings is 1. The molecule has 182 valence electrons. The Kier molecular flexibility index (Phi) is 6.27. The maximum absolute atomic E-state index is 12.7. The van der Waals surface area contributed by atoms with E-state index in [9.17, 15) is 4.79 Å². The summed E-state index contributed by atoms with van der Waals surface area (Å²) < 4.78 is 5.50. The maximum Gasteiger partial charge on any atom is 0.231 e. The van der Waals surface area contributed by atoms with Gasteiger partial charge < -0.3 is 9.64 Å². The first-order valence-corrected chi connectivity index (χ1v) is 13.0. The van der Waals surface area contributed by atoms with Gasteiger partial charge in [0.2, 0.25) is 5.91 Å². The van der Waals surface area contributed by atoms with Crippen LogP contribution in [-0.4, -0.2) is 67.1 Å². The van der Waals surface area contributed by atoms with Gasteiger partial charge in [-0.05, 0) is 78.0 Å². The molecule has 0 spiro atoms. The van der Waals surface area contributed by atoms with Gasteiger partial charge in [-0.15, -0.1) is 0 Å². The molecule has 0 aliphatic carbocycles. The fourth-order valence-corrected chi connectivity index (χ4v) is 5.86. The Hall–Kier alpha value is -2.80. The van der Waals surface area contributed by atoms with Gasteiger partial charge in [0.1, 0.15) is 0 Å². The fraction of sp³-hybridized carbons (Fsp3) is 0.448. The number of hydrogen-bond acceptors (Lipinski definition) is 5. The minimum absolute atomic E-state index is 0.169. The number of hydrogen-bond donors (Lipinski definition) is 0. The summed E-state index contributed by atoms with van der Waals surface area (Å²) in [7, 11) is 1.91. The zero-order valence-electron chi connectivity index (χ0n) is 20.6. The SMILES string of the molecule is CN1C(=O)Cc2c(-c3ccnc4cc(CN5CCOCC5)ccc34)cc(CN3CCCCC3)cc21. The third kappa shape index (κ3) is 4.58. The van der Waals surface area contributed by atoms with Crippen molar-refractivity contribution < 1.29 is 9.53 Å². The van der Waals surface area contributed by atoms with Crippen LogP contribution in [0.1, 0.15) is 36.0 Å². The van der Waals surface area contributed by atoms with Crippen LogP contribution in [-0.2, 0) is 29.0 Å². The van der Waals surface area contributed by atoms with Gasteiger partial charge in [0.05, 0.1) is 25.2 Å². The molecule has 3 aliphatic heterocycles. The molecule has 6 rings (SSSR count). The Bertz CT molecular complexity index is 1240. The monoisotopic (exact) mass is 470 g/mol. The number of anilines is 1. The molecule has 2 aromatic carbocycles. The number of piperidine rings is 1. The highest BCUT2D eigenvalue weighted by Gasteiger charge is 2.28. The number of nitrogens with zero attached hydrogens (tertiary/aromatic N) is 4. The number of aromatic nitrogens is 1. The number of likely N-dealkylation sites (tertiary alicyclic amines) is 1. The van der Waals surface area contributed by atoms with Crippen molar-refractivity contribution in [3.8, 4) is 11.1 Å². The zero-order chi connectivity index (χ0) is 23.8. The highest BCUT2D eigenvalue weighted by Crippen LogP contribution is 2.40. The number of rotatable bonds is 5. The Morgan fingerprint density at radius 1 is 0.857 bits per heavy atom. The molecule has 35 heavy (non-hydrogen) atoms. The summed E-state index contributed by atoms with van der Waals surface area (Å²) in [5, 5.41) is 1.15. The van der Waals surface area contributed by atoms with E-state index in [1.165, 1.54) is 41.5 Å². The lowest BCUT2D eigenvalue weighted by molar-refractivity contribution is -0.117. The summed E-state index contributed by atoms with van der Waals surface area (Å²) in [4.78, 5) is 24.3. The van der Waals surface area contributed by atoms with Crippen LogP contribution >= 0.6 is 0 Å². The van der Waals surface area contributed by atoms with Crippen LogP contribution in [0.25, 0.3) is 22.0 Å². The van der Waals surface area contributed by atoms with E-state index in [4.69, 9.17) is 9.72 Å². The van der Waals surface area contributed by atoms with Gasteiger partial charge in [0.15, 0.2) is 0 Å². The van der Waals surface area contributed by atoms with Gasteiger partial charge in [-0.2, -0.15) is 0 Å². The molecule has 0 radical (unpaired) electrons. The molecule has 3 aromatic rings. The van der Waals surface area contributed by atoms with Crippen molar-refractivity contribution in [1.82, 2.24) is 14.8 Å². The van der Waals surface area contributed by atoms with Crippen LogP contribution in [0.5, 0.6) is 0 Å². The predicted molar refractivity (Wildman–Crippen MR) is 140 cm³/mol. The van der Waals surface area contributed by atoms with Crippen molar-refractivity contribution >= 4 is 22.5 Å². The zero-order valence-corrected chi connectivity index (χ0v) is 20.6. The molecular weight excluding hydrogens is 436 g/mol. The number of carbonyl (C=O) groups is 1. The van der Waals surface area contributed by atoms with Crippen molar-refractivity contribution in [3.63, 3.8) is 0 Å². The van der Waals surface area contributed by atoms with E-state index in [0.29, 0.717) is 6.42 Å². The Morgan fingerprint density at radius 3 is 2.46 bits per heavy atom. The van der Waals surface area contributed by atoms with E-state index >= 15 is 0 Å². The second kappa shape index (κ2) is 9.69. The first-order valence-electron chi connectivity index (χ1n) is 13.0. The molecule has 0 saturated carbocycles. The summed E-state index contributed by atoms with van der Waals surface area (Å²) in [6.45, 7) is 7.74. The molecule has 2 fully saturated rings. The molecule has 4 heterocycles. The molecule has 6 nitrogen and oxygen atoms in total. The molecule has 6 heteroatoms. The van der Waals surface area contributed by atoms with Gasteiger partial charge in [-0.25, -0.2) is 0 Å². The smallest absolute Gasteiger partial charge is 0.231 e. The van der Waals surface area contributed by atoms with Crippen LogP contribution in [0.15, 0.2) is 42.6 Å². The molecule has 3 aliphatic rings. The third-order valence-corrected chi connectivity index (χ3v) is 7.81. The standard InChI is InChI=1S/C29H34N4O2/c1-31-28-17-22(20-32-9-3-2-4-10-32)15-25(26(28)18-29(31)34)23-7-8-30-27-16-21(5-6-24(23)27)19-33-11-13-35-14-12-33/h5-8,15-17H,2-4,9-14,18-20H2,1H3. The topological polar surface area (TPSA) is 48.9 Å². The maximum atomic E-state index is 12.7. The summed E-state index contributed by atoms with van der Waals surface area (Å²) in [5.74, 6) is 0.169. The molecule has 0 bridgehead atoms. The highest BCUT2D eigenvalue weighted by molar-refractivity contribution is 6.06. The number of morpholine rings is 1. The van der Waals surface area contributed by atoms with Crippen molar-refractivity contribution in [2.75, 3.05) is 51.3 Å². The highest BCUT2D eigenvalue weighted by atomic mass is 16.5. The molecule has 1 amide bonds. The number of likely N-dealkylation sites (N-methyl/N-ethyl adjacent to an activating group) is 1. The summed E-state index contributed by atoms with van der Waals surface area (Å²) in [6.07, 6.45) is 6.26. The van der Waals surface area contributed by atoms with Crippen molar-refractivity contribution in [1.29, 1.82) is 0 Å². The average molecular weight is 471 g/mol. The lowest BCUT2D eigenvalue weighted by atomic mass is 9.92. The number of carbonyl (C=O) groups excluding carboxylic acids is 1. The van der Waals surface area contributed by atoms with Crippen molar-refractivity contribution in [3.05, 3.63) is 59.3 Å². The van der Waals surface area contributed by atoms with Gasteiger partial charge >= 0.3 is 0 Å². The Labute approximate surface area is 207 Å². The van der Waals surface area contributed by atoms with E-state index in [0.717, 1.165) is 74.6 Å². The number of amides is 1. The lowest BCUT2D eigenvalue weighted by Gasteiger charge is -2.27. The van der Waals surface area contributed by atoms with Gasteiger partial charge in [-0.3, -0.25) is 19.6 Å². The average Bonchev–Trinajstić information content (AvgIpc) is 3.18. The van der Waals surface area contributed by atoms with Crippen LogP contribution in [0.4, 0.5) is 5.69 Å². The Balaban J connectivity index is 1.38. The van der Waals surface area contributed by atoms with Crippen LogP contribution in [0, 0.1) is 0 Å². The fourth-order valence-electron chi connectivity index (χ4n) is 5.86. The Morgan fingerprint density at radius 2 is 1.63 bits per heavy atom. The molecule has 0 atom stereocenters. The normalized spacial score (nSPS) is 19.5. The quantitative estimate of drug-likeness (QED) is 0.558. The second-order valence-corrected chi connectivity index (χ2v) is 10.2. The van der Waals surface area contributed by atoms with E-state index in [1.807, 2.05) is 18.1 Å². The van der Waals surface area contributed by atoms with E-state index < -0.39 is 0 Å². The second-order valence-electron chi connectivity index (χ2n) is 10.2. The predicted octanol–water partition coefficient (Wildman–Crippen LogP) is 4.24. The summed E-state index contributed by atoms with van der Waals surface area (Å²) >= 11 is 0. The van der Waals surface area contributed by atoms with Crippen molar-refractivity contribution in [2.45, 2.75) is 38.8 Å². The van der Waals surface area contributed by atoms with Crippen LogP contribution in [0.2, 0.25) is 0 Å². The first-order chi connectivity index (χ1) is 17.2. The number of ether oxygens (including phenoxy) is 1. The van der Waals surface area contributed by atoms with Crippen LogP contribution in [0.3, 0.4) is 0 Å².